The lowest BCUT2D eigenvalue weighted by molar-refractivity contribution is -0.116. The van der Waals surface area contributed by atoms with Gasteiger partial charge in [0.25, 0.3) is 0 Å². The number of rotatable bonds is 3. The van der Waals surface area contributed by atoms with Gasteiger partial charge in [0.05, 0.1) is 11.4 Å². The molecule has 1 aliphatic rings. The van der Waals surface area contributed by atoms with Crippen LogP contribution in [-0.4, -0.2) is 21.7 Å². The predicted molar refractivity (Wildman–Crippen MR) is 83.4 cm³/mol. The van der Waals surface area contributed by atoms with Crippen molar-refractivity contribution >= 4 is 17.3 Å². The molecule has 5 nitrogen and oxygen atoms in total. The Labute approximate surface area is 124 Å². The lowest BCUT2D eigenvalue weighted by Gasteiger charge is -2.16. The van der Waals surface area contributed by atoms with Crippen LogP contribution in [0.4, 0.5) is 11.4 Å². The smallest absolute Gasteiger partial charge is 0.246 e. The van der Waals surface area contributed by atoms with Gasteiger partial charge < -0.3 is 10.6 Å². The first-order chi connectivity index (χ1) is 10.2. The number of benzene rings is 1. The molecule has 2 aromatic rings. The number of aromatic nitrogens is 2. The van der Waals surface area contributed by atoms with Crippen molar-refractivity contribution in [3.63, 3.8) is 0 Å². The summed E-state index contributed by atoms with van der Waals surface area (Å²) in [5, 5.41) is 10.8. The number of carbonyl (C=O) groups excluding carboxylic acids is 1. The molecular formula is C16H20N4O. The summed E-state index contributed by atoms with van der Waals surface area (Å²) >= 11 is 0. The van der Waals surface area contributed by atoms with Crippen molar-refractivity contribution in [2.45, 2.75) is 32.2 Å². The lowest BCUT2D eigenvalue weighted by Crippen LogP contribution is -2.33. The Morgan fingerprint density at radius 1 is 1.43 bits per heavy atom. The van der Waals surface area contributed by atoms with Gasteiger partial charge in [-0.05, 0) is 30.9 Å². The van der Waals surface area contributed by atoms with E-state index in [0.717, 1.165) is 36.3 Å². The average molecular weight is 284 g/mol. The second-order valence-corrected chi connectivity index (χ2v) is 5.40. The number of anilines is 2. The molecule has 1 aromatic heterocycles. The highest BCUT2D eigenvalue weighted by molar-refractivity contribution is 5.98. The molecule has 5 heteroatoms. The van der Waals surface area contributed by atoms with E-state index in [9.17, 15) is 4.79 Å². The molecule has 0 saturated carbocycles. The molecule has 3 rings (SSSR count). The Bertz CT molecular complexity index is 662. The van der Waals surface area contributed by atoms with Crippen LogP contribution in [0.3, 0.4) is 0 Å². The highest BCUT2D eigenvalue weighted by Gasteiger charge is 2.24. The molecule has 0 radical (unpaired) electrons. The zero-order chi connectivity index (χ0) is 14.8. The molecule has 0 saturated heterocycles. The maximum atomic E-state index is 12.4. The first-order valence-electron chi connectivity index (χ1n) is 7.35. The van der Waals surface area contributed by atoms with E-state index < -0.39 is 0 Å². The second kappa shape index (κ2) is 5.60. The highest BCUT2D eigenvalue weighted by Crippen LogP contribution is 2.24. The SMILES string of the molecule is CCc1nn(C)cc1NC1CCc2ccccc2NC1=O. The van der Waals surface area contributed by atoms with Crippen LogP contribution in [0.2, 0.25) is 0 Å². The van der Waals surface area contributed by atoms with E-state index in [-0.39, 0.29) is 11.9 Å². The fourth-order valence-corrected chi connectivity index (χ4v) is 2.75. The number of para-hydroxylation sites is 1. The van der Waals surface area contributed by atoms with Gasteiger partial charge in [-0.15, -0.1) is 0 Å². The summed E-state index contributed by atoms with van der Waals surface area (Å²) in [7, 11) is 1.90. The van der Waals surface area contributed by atoms with Gasteiger partial charge in [0.15, 0.2) is 0 Å². The number of carbonyl (C=O) groups is 1. The largest absolute Gasteiger partial charge is 0.371 e. The van der Waals surface area contributed by atoms with Gasteiger partial charge in [-0.2, -0.15) is 5.10 Å². The van der Waals surface area contributed by atoms with Crippen molar-refractivity contribution in [1.82, 2.24) is 9.78 Å². The molecule has 1 amide bonds. The second-order valence-electron chi connectivity index (χ2n) is 5.40. The van der Waals surface area contributed by atoms with Gasteiger partial charge in [-0.25, -0.2) is 0 Å². The summed E-state index contributed by atoms with van der Waals surface area (Å²) < 4.78 is 1.78. The molecule has 1 aromatic carbocycles. The molecule has 110 valence electrons. The van der Waals surface area contributed by atoms with Crippen molar-refractivity contribution < 1.29 is 4.79 Å². The molecule has 0 fully saturated rings. The zero-order valence-electron chi connectivity index (χ0n) is 12.4. The zero-order valence-corrected chi connectivity index (χ0v) is 12.4. The first-order valence-corrected chi connectivity index (χ1v) is 7.35. The quantitative estimate of drug-likeness (QED) is 0.909. The van der Waals surface area contributed by atoms with Crippen LogP contribution in [0, 0.1) is 0 Å². The standard InChI is InChI=1S/C16H20N4O/c1-3-12-15(10-20(2)19-12)17-14-9-8-11-6-4-5-7-13(11)18-16(14)21/h4-7,10,14,17H,3,8-9H2,1-2H3,(H,18,21). The molecule has 2 N–H and O–H groups in total. The predicted octanol–water partition coefficient (Wildman–Crippen LogP) is 2.35. The van der Waals surface area contributed by atoms with Gasteiger partial charge >= 0.3 is 0 Å². The number of nitrogens with zero attached hydrogens (tertiary/aromatic N) is 2. The van der Waals surface area contributed by atoms with Crippen LogP contribution >= 0.6 is 0 Å². The van der Waals surface area contributed by atoms with Crippen LogP contribution in [0.5, 0.6) is 0 Å². The van der Waals surface area contributed by atoms with Gasteiger partial charge in [0.2, 0.25) is 5.91 Å². The summed E-state index contributed by atoms with van der Waals surface area (Å²) in [4.78, 5) is 12.4. The van der Waals surface area contributed by atoms with E-state index in [0.29, 0.717) is 0 Å². The maximum absolute atomic E-state index is 12.4. The van der Waals surface area contributed by atoms with Crippen molar-refractivity contribution in [3.05, 3.63) is 41.7 Å². The number of hydrogen-bond acceptors (Lipinski definition) is 3. The van der Waals surface area contributed by atoms with Gasteiger partial charge in [0.1, 0.15) is 6.04 Å². The van der Waals surface area contributed by atoms with E-state index in [1.807, 2.05) is 31.4 Å². The summed E-state index contributed by atoms with van der Waals surface area (Å²) in [5.41, 5.74) is 4.06. The number of aryl methyl sites for hydroxylation is 3. The summed E-state index contributed by atoms with van der Waals surface area (Å²) in [6, 6.07) is 7.75. The fourth-order valence-electron chi connectivity index (χ4n) is 2.75. The molecule has 21 heavy (non-hydrogen) atoms. The molecule has 1 aliphatic heterocycles. The Morgan fingerprint density at radius 2 is 2.24 bits per heavy atom. The molecule has 2 heterocycles. The van der Waals surface area contributed by atoms with Crippen LogP contribution in [0.25, 0.3) is 0 Å². The molecule has 1 unspecified atom stereocenters. The number of nitrogens with one attached hydrogen (secondary N) is 2. The maximum Gasteiger partial charge on any atom is 0.246 e. The minimum atomic E-state index is -0.230. The van der Waals surface area contributed by atoms with E-state index in [4.69, 9.17) is 0 Å². The van der Waals surface area contributed by atoms with Gasteiger partial charge in [-0.1, -0.05) is 25.1 Å². The Hall–Kier alpha value is -2.30. The Morgan fingerprint density at radius 3 is 3.05 bits per heavy atom. The topological polar surface area (TPSA) is 59.0 Å². The molecule has 1 atom stereocenters. The Balaban J connectivity index is 1.79. The third kappa shape index (κ3) is 2.77. The van der Waals surface area contributed by atoms with E-state index in [2.05, 4.69) is 28.7 Å². The van der Waals surface area contributed by atoms with Crippen molar-refractivity contribution in [1.29, 1.82) is 0 Å². The van der Waals surface area contributed by atoms with Crippen LogP contribution < -0.4 is 10.6 Å². The van der Waals surface area contributed by atoms with Crippen LogP contribution in [0.1, 0.15) is 24.6 Å². The number of amides is 1. The van der Waals surface area contributed by atoms with E-state index in [1.54, 1.807) is 4.68 Å². The first kappa shape index (κ1) is 13.7. The highest BCUT2D eigenvalue weighted by atomic mass is 16.2. The van der Waals surface area contributed by atoms with Crippen molar-refractivity contribution in [2.75, 3.05) is 10.6 Å². The summed E-state index contributed by atoms with van der Waals surface area (Å²) in [6.45, 7) is 2.07. The third-order valence-electron chi connectivity index (χ3n) is 3.86. The number of hydrogen-bond donors (Lipinski definition) is 2. The van der Waals surface area contributed by atoms with Crippen molar-refractivity contribution in [2.24, 2.45) is 7.05 Å². The minimum Gasteiger partial charge on any atom is -0.371 e. The molecule has 0 bridgehead atoms. The normalized spacial score (nSPS) is 17.8. The van der Waals surface area contributed by atoms with E-state index >= 15 is 0 Å². The van der Waals surface area contributed by atoms with Crippen LogP contribution in [-0.2, 0) is 24.7 Å². The van der Waals surface area contributed by atoms with Crippen molar-refractivity contribution in [3.8, 4) is 0 Å². The molecule has 0 aliphatic carbocycles. The third-order valence-corrected chi connectivity index (χ3v) is 3.86. The average Bonchev–Trinajstić information content (AvgIpc) is 2.75. The summed E-state index contributed by atoms with van der Waals surface area (Å²) in [6.07, 6.45) is 4.44. The lowest BCUT2D eigenvalue weighted by atomic mass is 10.1. The molecular weight excluding hydrogens is 264 g/mol. The molecule has 0 spiro atoms. The van der Waals surface area contributed by atoms with E-state index in [1.165, 1.54) is 5.56 Å². The van der Waals surface area contributed by atoms with Gasteiger partial charge in [-0.3, -0.25) is 9.48 Å². The minimum absolute atomic E-state index is 0.0193. The fraction of sp³-hybridized carbons (Fsp3) is 0.375. The van der Waals surface area contributed by atoms with Crippen LogP contribution in [0.15, 0.2) is 30.5 Å². The number of fused-ring (bicyclic) bond motifs is 1. The Kier molecular flexibility index (Phi) is 3.64. The van der Waals surface area contributed by atoms with Gasteiger partial charge in [0, 0.05) is 18.9 Å². The summed E-state index contributed by atoms with van der Waals surface area (Å²) in [5.74, 6) is 0.0193. The monoisotopic (exact) mass is 284 g/mol.